The van der Waals surface area contributed by atoms with Crippen LogP contribution < -0.4 is 4.74 Å². The van der Waals surface area contributed by atoms with E-state index < -0.39 is 5.97 Å². The van der Waals surface area contributed by atoms with Crippen LogP contribution in [-0.2, 0) is 4.79 Å². The molecule has 2 rings (SSSR count). The Balaban J connectivity index is 1.96. The number of hydrogen-bond donors (Lipinski definition) is 0. The summed E-state index contributed by atoms with van der Waals surface area (Å²) in [6, 6.07) is 13.3. The summed E-state index contributed by atoms with van der Waals surface area (Å²) in [5.41, 5.74) is 1.93. The second-order valence-electron chi connectivity index (χ2n) is 5.03. The molecule has 0 fully saturated rings. The molecule has 2 aromatic carbocycles. The summed E-state index contributed by atoms with van der Waals surface area (Å²) in [6.07, 6.45) is 2.91. The summed E-state index contributed by atoms with van der Waals surface area (Å²) in [5, 5.41) is 0. The lowest BCUT2D eigenvalue weighted by molar-refractivity contribution is -0.128. The maximum absolute atomic E-state index is 12.7. The van der Waals surface area contributed by atoms with Crippen LogP contribution in [-0.4, -0.2) is 5.97 Å². The second-order valence-corrected chi connectivity index (χ2v) is 5.03. The van der Waals surface area contributed by atoms with Gasteiger partial charge in [-0.15, -0.1) is 0 Å². The summed E-state index contributed by atoms with van der Waals surface area (Å²) in [7, 11) is 0. The maximum Gasteiger partial charge on any atom is 0.336 e. The van der Waals surface area contributed by atoms with E-state index in [1.165, 1.54) is 23.8 Å². The first-order valence-corrected chi connectivity index (χ1v) is 6.80. The zero-order chi connectivity index (χ0) is 15.2. The lowest BCUT2D eigenvalue weighted by Gasteiger charge is -2.06. The molecule has 108 valence electrons. The van der Waals surface area contributed by atoms with Crippen LogP contribution in [0.3, 0.4) is 0 Å². The van der Waals surface area contributed by atoms with Gasteiger partial charge in [0.25, 0.3) is 0 Å². The third-order valence-electron chi connectivity index (χ3n) is 3.05. The molecule has 0 radical (unpaired) electrons. The molecular weight excluding hydrogens is 267 g/mol. The molecule has 21 heavy (non-hydrogen) atoms. The van der Waals surface area contributed by atoms with E-state index in [4.69, 9.17) is 4.74 Å². The minimum absolute atomic E-state index is 0.306. The van der Waals surface area contributed by atoms with Crippen molar-refractivity contribution in [2.45, 2.75) is 19.8 Å². The van der Waals surface area contributed by atoms with Gasteiger partial charge in [0.15, 0.2) is 0 Å². The van der Waals surface area contributed by atoms with Gasteiger partial charge in [0, 0.05) is 6.08 Å². The van der Waals surface area contributed by atoms with Crippen LogP contribution in [0.2, 0.25) is 0 Å². The minimum atomic E-state index is -0.461. The Labute approximate surface area is 123 Å². The Morgan fingerprint density at radius 2 is 1.67 bits per heavy atom. The number of halogens is 1. The number of benzene rings is 2. The predicted molar refractivity (Wildman–Crippen MR) is 81.6 cm³/mol. The summed E-state index contributed by atoms with van der Waals surface area (Å²) in [6.45, 7) is 4.21. The Hall–Kier alpha value is -2.42. The molecule has 2 aromatic rings. The van der Waals surface area contributed by atoms with Crippen LogP contribution in [0.15, 0.2) is 54.6 Å². The molecule has 0 aliphatic rings. The highest BCUT2D eigenvalue weighted by atomic mass is 19.1. The van der Waals surface area contributed by atoms with Crippen LogP contribution in [0.4, 0.5) is 4.39 Å². The van der Waals surface area contributed by atoms with E-state index >= 15 is 0 Å². The summed E-state index contributed by atoms with van der Waals surface area (Å²) in [5.74, 6) is 0.179. The lowest BCUT2D eigenvalue weighted by atomic mass is 10.0. The van der Waals surface area contributed by atoms with Gasteiger partial charge in [-0.2, -0.15) is 0 Å². The summed E-state index contributed by atoms with van der Waals surface area (Å²) < 4.78 is 17.9. The average Bonchev–Trinajstić information content (AvgIpc) is 2.47. The van der Waals surface area contributed by atoms with E-state index in [9.17, 15) is 9.18 Å². The molecule has 0 atom stereocenters. The summed E-state index contributed by atoms with van der Waals surface area (Å²) in [4.78, 5) is 11.7. The highest BCUT2D eigenvalue weighted by Gasteiger charge is 2.02. The average molecular weight is 284 g/mol. The van der Waals surface area contributed by atoms with Crippen molar-refractivity contribution in [3.05, 3.63) is 71.6 Å². The van der Waals surface area contributed by atoms with Crippen molar-refractivity contribution in [3.63, 3.8) is 0 Å². The van der Waals surface area contributed by atoms with Gasteiger partial charge in [0.05, 0.1) is 0 Å². The Morgan fingerprint density at radius 1 is 1.05 bits per heavy atom. The molecule has 0 aliphatic heterocycles. The molecule has 0 bridgehead atoms. The van der Waals surface area contributed by atoms with E-state index in [1.807, 2.05) is 12.1 Å². The van der Waals surface area contributed by atoms with Gasteiger partial charge in [-0.25, -0.2) is 9.18 Å². The van der Waals surface area contributed by atoms with E-state index in [0.717, 1.165) is 5.56 Å². The van der Waals surface area contributed by atoms with Crippen molar-refractivity contribution in [3.8, 4) is 5.75 Å². The van der Waals surface area contributed by atoms with Gasteiger partial charge in [-0.05, 0) is 47.4 Å². The molecule has 0 spiro atoms. The zero-order valence-corrected chi connectivity index (χ0v) is 12.0. The molecule has 0 saturated carbocycles. The van der Waals surface area contributed by atoms with Crippen LogP contribution in [0, 0.1) is 5.82 Å². The number of hydrogen-bond acceptors (Lipinski definition) is 2. The van der Waals surface area contributed by atoms with Gasteiger partial charge >= 0.3 is 5.97 Å². The molecule has 3 heteroatoms. The first-order valence-electron chi connectivity index (χ1n) is 6.80. The molecule has 0 N–H and O–H groups in total. The van der Waals surface area contributed by atoms with Gasteiger partial charge < -0.3 is 4.74 Å². The van der Waals surface area contributed by atoms with Crippen molar-refractivity contribution in [2.75, 3.05) is 0 Å². The first kappa shape index (κ1) is 15.0. The molecule has 0 aliphatic carbocycles. The van der Waals surface area contributed by atoms with Gasteiger partial charge in [-0.3, -0.25) is 0 Å². The van der Waals surface area contributed by atoms with E-state index in [-0.39, 0.29) is 5.82 Å². The second kappa shape index (κ2) is 6.84. The number of ether oxygens (including phenoxy) is 1. The Kier molecular flexibility index (Phi) is 4.88. The molecule has 0 heterocycles. The molecule has 0 aromatic heterocycles. The van der Waals surface area contributed by atoms with Crippen molar-refractivity contribution in [1.82, 2.24) is 0 Å². The van der Waals surface area contributed by atoms with Crippen LogP contribution in [0.25, 0.3) is 6.08 Å². The number of carbonyl (C=O) groups is 1. The zero-order valence-electron chi connectivity index (χ0n) is 12.0. The number of rotatable bonds is 4. The quantitative estimate of drug-likeness (QED) is 0.467. The van der Waals surface area contributed by atoms with Crippen LogP contribution in [0.5, 0.6) is 5.75 Å². The van der Waals surface area contributed by atoms with Crippen LogP contribution >= 0.6 is 0 Å². The van der Waals surface area contributed by atoms with Crippen LogP contribution in [0.1, 0.15) is 30.9 Å². The molecular formula is C18H17FO2. The normalized spacial score (nSPS) is 11.0. The first-order chi connectivity index (χ1) is 10.0. The number of carbonyl (C=O) groups excluding carboxylic acids is 1. The molecule has 0 saturated heterocycles. The molecule has 0 amide bonds. The molecule has 0 unspecified atom stereocenters. The fourth-order valence-corrected chi connectivity index (χ4v) is 1.81. The van der Waals surface area contributed by atoms with Crippen molar-refractivity contribution < 1.29 is 13.9 Å². The topological polar surface area (TPSA) is 26.3 Å². The van der Waals surface area contributed by atoms with E-state index in [2.05, 4.69) is 13.8 Å². The van der Waals surface area contributed by atoms with Gasteiger partial charge in [-0.1, -0.05) is 38.1 Å². The highest BCUT2D eigenvalue weighted by molar-refractivity contribution is 5.88. The van der Waals surface area contributed by atoms with Gasteiger partial charge in [0.2, 0.25) is 0 Å². The molecule has 2 nitrogen and oxygen atoms in total. The van der Waals surface area contributed by atoms with Crippen molar-refractivity contribution >= 4 is 12.0 Å². The minimum Gasteiger partial charge on any atom is -0.423 e. The fraction of sp³-hybridized carbons (Fsp3) is 0.167. The Bertz CT molecular complexity index is 625. The Morgan fingerprint density at radius 3 is 2.24 bits per heavy atom. The smallest absolute Gasteiger partial charge is 0.336 e. The van der Waals surface area contributed by atoms with E-state index in [0.29, 0.717) is 11.7 Å². The maximum atomic E-state index is 12.7. The van der Waals surface area contributed by atoms with Gasteiger partial charge in [0.1, 0.15) is 11.6 Å². The van der Waals surface area contributed by atoms with Crippen molar-refractivity contribution in [2.24, 2.45) is 0 Å². The van der Waals surface area contributed by atoms with Crippen molar-refractivity contribution in [1.29, 1.82) is 0 Å². The fourth-order valence-electron chi connectivity index (χ4n) is 1.81. The third-order valence-corrected chi connectivity index (χ3v) is 3.05. The number of esters is 1. The third kappa shape index (κ3) is 4.56. The predicted octanol–water partition coefficient (Wildman–Crippen LogP) is 4.57. The largest absolute Gasteiger partial charge is 0.423 e. The highest BCUT2D eigenvalue weighted by Crippen LogP contribution is 2.18. The monoisotopic (exact) mass is 284 g/mol. The lowest BCUT2D eigenvalue weighted by Crippen LogP contribution is -2.03. The SMILES string of the molecule is CC(C)c1ccc(OC(=O)/C=C/c2ccc(F)cc2)cc1. The standard InChI is InChI=1S/C18H17FO2/c1-13(2)15-6-10-17(11-7-15)21-18(20)12-5-14-3-8-16(19)9-4-14/h3-13H,1-2H3/b12-5+. The van der Waals surface area contributed by atoms with E-state index in [1.54, 1.807) is 30.3 Å². The summed E-state index contributed by atoms with van der Waals surface area (Å²) >= 11 is 0.